The van der Waals surface area contributed by atoms with Gasteiger partial charge in [-0.05, 0) is 25.0 Å². The van der Waals surface area contributed by atoms with Crippen LogP contribution in [0.25, 0.3) is 11.3 Å². The number of hydrogen-bond acceptors (Lipinski definition) is 4. The average molecular weight is 244 g/mol. The summed E-state index contributed by atoms with van der Waals surface area (Å²) in [5.74, 6) is 0. The Morgan fingerprint density at radius 1 is 1.39 bits per heavy atom. The third kappa shape index (κ3) is 2.27. The quantitative estimate of drug-likeness (QED) is 0.752. The molecule has 1 fully saturated rings. The average Bonchev–Trinajstić information content (AvgIpc) is 2.82. The minimum absolute atomic E-state index is 0.121. The minimum atomic E-state index is -0.121. The van der Waals surface area contributed by atoms with E-state index in [-0.39, 0.29) is 6.10 Å². The Kier molecular flexibility index (Phi) is 3.08. The van der Waals surface area contributed by atoms with Gasteiger partial charge in [0.05, 0.1) is 18.0 Å². The molecule has 3 N–H and O–H groups in total. The van der Waals surface area contributed by atoms with E-state index in [1.54, 1.807) is 6.20 Å². The maximum atomic E-state index is 9.24. The van der Waals surface area contributed by atoms with Crippen molar-refractivity contribution in [2.45, 2.75) is 31.5 Å². The van der Waals surface area contributed by atoms with Crippen LogP contribution in [0.5, 0.6) is 0 Å². The topological polar surface area (TPSA) is 73.8 Å². The number of aromatic amines is 1. The van der Waals surface area contributed by atoms with Gasteiger partial charge in [0.25, 0.3) is 0 Å². The predicted molar refractivity (Wildman–Crippen MR) is 67.7 cm³/mol. The van der Waals surface area contributed by atoms with Crippen molar-refractivity contribution >= 4 is 0 Å². The van der Waals surface area contributed by atoms with Crippen LogP contribution in [0.4, 0.5) is 0 Å². The monoisotopic (exact) mass is 244 g/mol. The van der Waals surface area contributed by atoms with Crippen molar-refractivity contribution in [1.82, 2.24) is 20.5 Å². The lowest BCUT2D eigenvalue weighted by molar-refractivity contribution is 0.0619. The van der Waals surface area contributed by atoms with Crippen LogP contribution in [0.1, 0.15) is 18.4 Å². The SMILES string of the molecule is OC1CC(NCc2cn[nH]c2-c2cccnc2)C1. The molecule has 1 aliphatic rings. The smallest absolute Gasteiger partial charge is 0.0710 e. The second-order valence-corrected chi connectivity index (χ2v) is 4.71. The van der Waals surface area contributed by atoms with Crippen molar-refractivity contribution in [3.8, 4) is 11.3 Å². The number of aliphatic hydroxyl groups excluding tert-OH is 1. The largest absolute Gasteiger partial charge is 0.393 e. The molecule has 0 atom stereocenters. The number of aromatic nitrogens is 3. The zero-order valence-electron chi connectivity index (χ0n) is 10.0. The van der Waals surface area contributed by atoms with Crippen LogP contribution >= 0.6 is 0 Å². The van der Waals surface area contributed by atoms with Gasteiger partial charge in [-0.3, -0.25) is 10.1 Å². The van der Waals surface area contributed by atoms with E-state index < -0.39 is 0 Å². The Hall–Kier alpha value is -1.72. The van der Waals surface area contributed by atoms with Crippen LogP contribution < -0.4 is 5.32 Å². The molecule has 0 radical (unpaired) electrons. The Bertz CT molecular complexity index is 505. The van der Waals surface area contributed by atoms with Gasteiger partial charge in [-0.2, -0.15) is 5.10 Å². The number of nitrogens with zero attached hydrogens (tertiary/aromatic N) is 2. The van der Waals surface area contributed by atoms with Gasteiger partial charge in [0, 0.05) is 36.1 Å². The van der Waals surface area contributed by atoms with Gasteiger partial charge in [0.1, 0.15) is 0 Å². The molecule has 2 aromatic rings. The third-order valence-electron chi connectivity index (χ3n) is 3.36. The van der Waals surface area contributed by atoms with Crippen LogP contribution in [-0.2, 0) is 6.54 Å². The maximum absolute atomic E-state index is 9.24. The Morgan fingerprint density at radius 2 is 2.28 bits per heavy atom. The molecule has 2 heterocycles. The fraction of sp³-hybridized carbons (Fsp3) is 0.385. The van der Waals surface area contributed by atoms with Crippen molar-refractivity contribution in [3.05, 3.63) is 36.3 Å². The van der Waals surface area contributed by atoms with Gasteiger partial charge in [-0.1, -0.05) is 0 Å². The van der Waals surface area contributed by atoms with Gasteiger partial charge in [-0.25, -0.2) is 0 Å². The molecule has 0 aromatic carbocycles. The molecule has 2 aromatic heterocycles. The Labute approximate surface area is 105 Å². The number of rotatable bonds is 4. The Morgan fingerprint density at radius 3 is 3.00 bits per heavy atom. The highest BCUT2D eigenvalue weighted by molar-refractivity contribution is 5.61. The molecule has 0 saturated heterocycles. The highest BCUT2D eigenvalue weighted by Crippen LogP contribution is 2.22. The van der Waals surface area contributed by atoms with Crippen molar-refractivity contribution in [3.63, 3.8) is 0 Å². The standard InChI is InChI=1S/C13H16N4O/c18-12-4-11(5-12)15-7-10-8-16-17-13(10)9-2-1-3-14-6-9/h1-3,6,8,11-12,15,18H,4-5,7H2,(H,16,17). The molecule has 94 valence electrons. The van der Waals surface area contributed by atoms with Crippen LogP contribution in [-0.4, -0.2) is 32.4 Å². The summed E-state index contributed by atoms with van der Waals surface area (Å²) in [4.78, 5) is 4.11. The minimum Gasteiger partial charge on any atom is -0.393 e. The summed E-state index contributed by atoms with van der Waals surface area (Å²) in [5, 5.41) is 19.8. The van der Waals surface area contributed by atoms with E-state index in [0.29, 0.717) is 6.04 Å². The van der Waals surface area contributed by atoms with E-state index in [2.05, 4.69) is 20.5 Å². The van der Waals surface area contributed by atoms with Crippen LogP contribution in [0, 0.1) is 0 Å². The van der Waals surface area contributed by atoms with Gasteiger partial charge in [-0.15, -0.1) is 0 Å². The molecule has 0 aliphatic heterocycles. The highest BCUT2D eigenvalue weighted by atomic mass is 16.3. The number of pyridine rings is 1. The number of nitrogens with one attached hydrogen (secondary N) is 2. The highest BCUT2D eigenvalue weighted by Gasteiger charge is 2.26. The lowest BCUT2D eigenvalue weighted by atomic mass is 9.89. The number of aliphatic hydroxyl groups is 1. The van der Waals surface area contributed by atoms with Crippen LogP contribution in [0.15, 0.2) is 30.7 Å². The first-order valence-corrected chi connectivity index (χ1v) is 6.17. The first-order chi connectivity index (χ1) is 8.83. The van der Waals surface area contributed by atoms with Crippen molar-refractivity contribution in [2.75, 3.05) is 0 Å². The molecule has 0 unspecified atom stereocenters. The second-order valence-electron chi connectivity index (χ2n) is 4.71. The Balaban J connectivity index is 1.68. The lowest BCUT2D eigenvalue weighted by Crippen LogP contribution is -2.43. The molecular formula is C13H16N4O. The van der Waals surface area contributed by atoms with Crippen molar-refractivity contribution < 1.29 is 5.11 Å². The number of hydrogen-bond donors (Lipinski definition) is 3. The van der Waals surface area contributed by atoms with Gasteiger partial charge >= 0.3 is 0 Å². The molecule has 0 bridgehead atoms. The lowest BCUT2D eigenvalue weighted by Gasteiger charge is -2.32. The van der Waals surface area contributed by atoms with Gasteiger partial charge in [0.2, 0.25) is 0 Å². The van der Waals surface area contributed by atoms with Crippen LogP contribution in [0.3, 0.4) is 0 Å². The molecule has 1 aliphatic carbocycles. The fourth-order valence-electron chi connectivity index (χ4n) is 2.21. The first kappa shape index (κ1) is 11.4. The summed E-state index contributed by atoms with van der Waals surface area (Å²) < 4.78 is 0. The zero-order chi connectivity index (χ0) is 12.4. The van der Waals surface area contributed by atoms with Crippen LogP contribution in [0.2, 0.25) is 0 Å². The molecule has 0 spiro atoms. The van der Waals surface area contributed by atoms with E-state index in [4.69, 9.17) is 0 Å². The second kappa shape index (κ2) is 4.88. The summed E-state index contributed by atoms with van der Waals surface area (Å²) in [6, 6.07) is 4.35. The summed E-state index contributed by atoms with van der Waals surface area (Å²) in [7, 11) is 0. The molecule has 5 heteroatoms. The van der Waals surface area contributed by atoms with E-state index in [1.807, 2.05) is 24.5 Å². The third-order valence-corrected chi connectivity index (χ3v) is 3.36. The first-order valence-electron chi connectivity index (χ1n) is 6.17. The normalized spacial score (nSPS) is 22.7. The molecule has 1 saturated carbocycles. The van der Waals surface area contributed by atoms with E-state index >= 15 is 0 Å². The van der Waals surface area contributed by atoms with Gasteiger partial charge < -0.3 is 10.4 Å². The maximum Gasteiger partial charge on any atom is 0.0710 e. The molecule has 5 nitrogen and oxygen atoms in total. The summed E-state index contributed by atoms with van der Waals surface area (Å²) in [6.45, 7) is 0.762. The zero-order valence-corrected chi connectivity index (χ0v) is 10.0. The molecule has 0 amide bonds. The van der Waals surface area contributed by atoms with E-state index in [9.17, 15) is 5.11 Å². The predicted octanol–water partition coefficient (Wildman–Crippen LogP) is 1.08. The molecule has 3 rings (SSSR count). The van der Waals surface area contributed by atoms with Crippen molar-refractivity contribution in [2.24, 2.45) is 0 Å². The molecular weight excluding hydrogens is 228 g/mol. The summed E-state index contributed by atoms with van der Waals surface area (Å²) in [5.41, 5.74) is 3.18. The van der Waals surface area contributed by atoms with E-state index in [0.717, 1.165) is 36.2 Å². The van der Waals surface area contributed by atoms with E-state index in [1.165, 1.54) is 0 Å². The fourth-order valence-corrected chi connectivity index (χ4v) is 2.21. The summed E-state index contributed by atoms with van der Waals surface area (Å²) >= 11 is 0. The van der Waals surface area contributed by atoms with Gasteiger partial charge in [0.15, 0.2) is 0 Å². The molecule has 18 heavy (non-hydrogen) atoms. The number of H-pyrrole nitrogens is 1. The van der Waals surface area contributed by atoms with Crippen molar-refractivity contribution in [1.29, 1.82) is 0 Å². The summed E-state index contributed by atoms with van der Waals surface area (Å²) in [6.07, 6.45) is 6.99.